The van der Waals surface area contributed by atoms with Gasteiger partial charge in [-0.2, -0.15) is 5.10 Å². The summed E-state index contributed by atoms with van der Waals surface area (Å²) in [5.74, 6) is 1.87. The predicted octanol–water partition coefficient (Wildman–Crippen LogP) is 6.49. The second kappa shape index (κ2) is 12.9. The molecule has 0 fully saturated rings. The van der Waals surface area contributed by atoms with Crippen LogP contribution in [0.5, 0.6) is 17.2 Å². The summed E-state index contributed by atoms with van der Waals surface area (Å²) in [6, 6.07) is 19.1. The second-order valence-corrected chi connectivity index (χ2v) is 13.0. The number of nitrogens with zero attached hydrogens (tertiary/aromatic N) is 4. The van der Waals surface area contributed by atoms with Gasteiger partial charge in [-0.25, -0.2) is 5.43 Å². The number of benzene rings is 3. The fraction of sp³-hybridized carbons (Fsp3) is 0.333. The third-order valence-electron chi connectivity index (χ3n) is 6.77. The van der Waals surface area contributed by atoms with E-state index in [9.17, 15) is 9.90 Å². The van der Waals surface area contributed by atoms with Crippen molar-refractivity contribution >= 4 is 23.9 Å². The van der Waals surface area contributed by atoms with E-state index in [0.29, 0.717) is 28.2 Å². The molecule has 4 rings (SSSR count). The van der Waals surface area contributed by atoms with Crippen LogP contribution in [0.2, 0.25) is 0 Å². The number of hydrazone groups is 1. The summed E-state index contributed by atoms with van der Waals surface area (Å²) in [6.07, 6.45) is 1.61. The summed E-state index contributed by atoms with van der Waals surface area (Å²) >= 11 is 1.26. The van der Waals surface area contributed by atoms with Crippen LogP contribution in [-0.2, 0) is 15.6 Å². The second-order valence-electron chi connectivity index (χ2n) is 12.1. The number of phenolic OH excluding ortho intramolecular Hbond substituents is 1. The summed E-state index contributed by atoms with van der Waals surface area (Å²) in [7, 11) is 3.17. The highest BCUT2D eigenvalue weighted by atomic mass is 32.2. The molecule has 0 aliphatic heterocycles. The number of para-hydroxylation sites is 1. The Kier molecular flexibility index (Phi) is 9.49. The number of amides is 1. The van der Waals surface area contributed by atoms with Crippen molar-refractivity contribution in [3.8, 4) is 34.3 Å². The van der Waals surface area contributed by atoms with Crippen molar-refractivity contribution in [1.82, 2.24) is 20.2 Å². The zero-order valence-electron chi connectivity index (χ0n) is 25.9. The Labute approximate surface area is 257 Å². The number of carbonyl (C=O) groups excluding carboxylic acids is 1. The number of hydrogen-bond donors (Lipinski definition) is 2. The lowest BCUT2D eigenvalue weighted by Gasteiger charge is -2.27. The molecule has 1 heterocycles. The van der Waals surface area contributed by atoms with Crippen LogP contribution in [0.1, 0.15) is 58.2 Å². The van der Waals surface area contributed by atoms with E-state index in [1.165, 1.54) is 11.8 Å². The molecule has 0 saturated heterocycles. The average Bonchev–Trinajstić information content (AvgIpc) is 3.39. The van der Waals surface area contributed by atoms with E-state index in [4.69, 9.17) is 9.47 Å². The van der Waals surface area contributed by atoms with Crippen LogP contribution in [0.15, 0.2) is 70.9 Å². The number of thioether (sulfide) groups is 1. The number of hydrogen-bond acceptors (Lipinski definition) is 8. The first-order valence-corrected chi connectivity index (χ1v) is 14.9. The van der Waals surface area contributed by atoms with Crippen LogP contribution in [0.25, 0.3) is 17.1 Å². The molecule has 226 valence electrons. The smallest absolute Gasteiger partial charge is 0.250 e. The zero-order chi connectivity index (χ0) is 31.4. The highest BCUT2D eigenvalue weighted by Gasteiger charge is 2.26. The number of methoxy groups -OCH3 is 2. The predicted molar refractivity (Wildman–Crippen MR) is 172 cm³/mol. The first kappa shape index (κ1) is 31.6. The Balaban J connectivity index is 1.54. The monoisotopic (exact) mass is 601 g/mol. The van der Waals surface area contributed by atoms with Gasteiger partial charge in [-0.3, -0.25) is 9.36 Å². The highest BCUT2D eigenvalue weighted by molar-refractivity contribution is 7.99. The zero-order valence-corrected chi connectivity index (χ0v) is 26.7. The maximum Gasteiger partial charge on any atom is 0.250 e. The van der Waals surface area contributed by atoms with Gasteiger partial charge in [-0.05, 0) is 58.9 Å². The first-order chi connectivity index (χ1) is 20.3. The molecule has 9 nitrogen and oxygen atoms in total. The molecular formula is C33H39N5O4S. The van der Waals surface area contributed by atoms with E-state index < -0.39 is 0 Å². The molecule has 2 N–H and O–H groups in total. The van der Waals surface area contributed by atoms with Crippen LogP contribution >= 0.6 is 11.8 Å². The molecule has 0 aliphatic carbocycles. The van der Waals surface area contributed by atoms with E-state index in [2.05, 4.69) is 62.3 Å². The molecule has 0 spiro atoms. The molecule has 3 aromatic carbocycles. The molecule has 4 aromatic rings. The fourth-order valence-electron chi connectivity index (χ4n) is 4.55. The van der Waals surface area contributed by atoms with Crippen molar-refractivity contribution in [2.75, 3.05) is 20.0 Å². The van der Waals surface area contributed by atoms with Crippen LogP contribution < -0.4 is 14.9 Å². The van der Waals surface area contributed by atoms with Crippen molar-refractivity contribution in [3.63, 3.8) is 0 Å². The number of nitrogens with one attached hydrogen (secondary N) is 1. The number of aromatic nitrogens is 3. The molecular weight excluding hydrogens is 562 g/mol. The van der Waals surface area contributed by atoms with Crippen molar-refractivity contribution in [2.24, 2.45) is 5.10 Å². The normalized spacial score (nSPS) is 12.0. The van der Waals surface area contributed by atoms with Crippen molar-refractivity contribution in [3.05, 3.63) is 77.4 Å². The minimum absolute atomic E-state index is 0.0737. The topological polar surface area (TPSA) is 111 Å². The Morgan fingerprint density at radius 1 is 0.930 bits per heavy atom. The maximum atomic E-state index is 12.8. The van der Waals surface area contributed by atoms with Crippen LogP contribution in [0, 0.1) is 0 Å². The molecule has 0 bridgehead atoms. The third-order valence-corrected chi connectivity index (χ3v) is 7.70. The average molecular weight is 602 g/mol. The van der Waals surface area contributed by atoms with Crippen LogP contribution in [0.4, 0.5) is 0 Å². The third kappa shape index (κ3) is 7.37. The molecule has 0 unspecified atom stereocenters. The van der Waals surface area contributed by atoms with E-state index in [0.717, 1.165) is 27.9 Å². The Morgan fingerprint density at radius 3 is 2.14 bits per heavy atom. The summed E-state index contributed by atoms with van der Waals surface area (Å²) < 4.78 is 12.8. The molecule has 10 heteroatoms. The minimum atomic E-state index is -0.289. The van der Waals surface area contributed by atoms with E-state index in [1.807, 2.05) is 65.2 Å². The molecule has 0 atom stereocenters. The molecule has 0 aliphatic rings. The van der Waals surface area contributed by atoms with E-state index in [-0.39, 0.29) is 22.5 Å². The Morgan fingerprint density at radius 2 is 1.56 bits per heavy atom. The van der Waals surface area contributed by atoms with Crippen molar-refractivity contribution < 1.29 is 19.4 Å². The van der Waals surface area contributed by atoms with Gasteiger partial charge in [0.2, 0.25) is 0 Å². The van der Waals surface area contributed by atoms with Gasteiger partial charge in [0.25, 0.3) is 5.91 Å². The summed E-state index contributed by atoms with van der Waals surface area (Å²) in [5, 5.41) is 24.6. The number of aromatic hydroxyl groups is 1. The summed E-state index contributed by atoms with van der Waals surface area (Å²) in [4.78, 5) is 12.8. The van der Waals surface area contributed by atoms with Gasteiger partial charge in [0.05, 0.1) is 26.2 Å². The number of phenols is 1. The molecule has 43 heavy (non-hydrogen) atoms. The van der Waals surface area contributed by atoms with Gasteiger partial charge >= 0.3 is 0 Å². The van der Waals surface area contributed by atoms with Crippen LogP contribution in [0.3, 0.4) is 0 Å². The quantitative estimate of drug-likeness (QED) is 0.128. The van der Waals surface area contributed by atoms with Gasteiger partial charge in [-0.1, -0.05) is 71.5 Å². The standard InChI is InChI=1S/C33H39N5O4S/c1-32(2,3)24-16-21(17-25(29(24)40)33(4,5)6)19-34-35-28(39)20-43-31-37-36-30(38(31)23-12-10-9-11-13-23)22-14-15-26(41-7)27(18-22)42-8/h9-19,40H,20H2,1-8H3,(H,35,39)/b34-19-. The Hall–Kier alpha value is -4.31. The number of rotatable bonds is 9. The lowest BCUT2D eigenvalue weighted by molar-refractivity contribution is -0.118. The SMILES string of the molecule is COc1ccc(-c2nnc(SCC(=O)N/N=C\c3cc(C(C)(C)C)c(O)c(C(C)(C)C)c3)n2-c2ccccc2)cc1OC. The molecule has 1 amide bonds. The lowest BCUT2D eigenvalue weighted by atomic mass is 9.78. The van der Waals surface area contributed by atoms with Crippen molar-refractivity contribution in [2.45, 2.75) is 57.5 Å². The van der Waals surface area contributed by atoms with Gasteiger partial charge in [-0.15, -0.1) is 10.2 Å². The van der Waals surface area contributed by atoms with Gasteiger partial charge < -0.3 is 14.6 Å². The first-order valence-electron chi connectivity index (χ1n) is 13.9. The highest BCUT2D eigenvalue weighted by Crippen LogP contribution is 2.39. The molecule has 0 radical (unpaired) electrons. The summed E-state index contributed by atoms with van der Waals surface area (Å²) in [5.41, 5.74) is 6.18. The minimum Gasteiger partial charge on any atom is -0.507 e. The van der Waals surface area contributed by atoms with E-state index in [1.54, 1.807) is 20.4 Å². The fourth-order valence-corrected chi connectivity index (χ4v) is 5.30. The van der Waals surface area contributed by atoms with Crippen LogP contribution in [-0.4, -0.2) is 52.0 Å². The van der Waals surface area contributed by atoms with Gasteiger partial charge in [0.1, 0.15) is 5.75 Å². The number of ether oxygens (including phenoxy) is 2. The maximum absolute atomic E-state index is 12.8. The van der Waals surface area contributed by atoms with Gasteiger partial charge in [0, 0.05) is 22.4 Å². The lowest BCUT2D eigenvalue weighted by Crippen LogP contribution is -2.20. The van der Waals surface area contributed by atoms with E-state index >= 15 is 0 Å². The molecule has 1 aromatic heterocycles. The van der Waals surface area contributed by atoms with Crippen molar-refractivity contribution in [1.29, 1.82) is 0 Å². The largest absolute Gasteiger partial charge is 0.507 e. The van der Waals surface area contributed by atoms with Gasteiger partial charge in [0.15, 0.2) is 22.5 Å². The Bertz CT molecular complexity index is 1580. The molecule has 0 saturated carbocycles. The number of carbonyl (C=O) groups is 1. The summed E-state index contributed by atoms with van der Waals surface area (Å²) in [6.45, 7) is 12.3.